The van der Waals surface area contributed by atoms with Gasteiger partial charge in [0.15, 0.2) is 0 Å². The Bertz CT molecular complexity index is 1170. The van der Waals surface area contributed by atoms with Gasteiger partial charge >= 0.3 is 0 Å². The monoisotopic (exact) mass is 432 g/mol. The van der Waals surface area contributed by atoms with Gasteiger partial charge in [0.1, 0.15) is 23.9 Å². The van der Waals surface area contributed by atoms with Gasteiger partial charge in [0.2, 0.25) is 0 Å². The molecule has 0 saturated heterocycles. The zero-order valence-corrected chi connectivity index (χ0v) is 18.8. The molecule has 4 aromatic rings. The van der Waals surface area contributed by atoms with Crippen LogP contribution < -0.4 is 9.47 Å². The van der Waals surface area contributed by atoms with Gasteiger partial charge in [-0.2, -0.15) is 0 Å². The number of likely N-dealkylation sites (N-methyl/N-ethyl adjacent to an activating group) is 1. The predicted molar refractivity (Wildman–Crippen MR) is 127 cm³/mol. The fraction of sp³-hybridized carbons (Fsp3) is 0.259. The maximum absolute atomic E-state index is 15.1. The SMILES string of the molecule is COc1ccc(Cn2cc(CCN(C)C)c3c(OCc4ccccc4)ccc(F)c32)cc1. The van der Waals surface area contributed by atoms with Gasteiger partial charge in [-0.25, -0.2) is 4.39 Å². The number of rotatable bonds is 9. The van der Waals surface area contributed by atoms with Gasteiger partial charge in [0.25, 0.3) is 0 Å². The molecule has 0 saturated carbocycles. The normalized spacial score (nSPS) is 11.3. The number of hydrogen-bond acceptors (Lipinski definition) is 3. The third-order valence-electron chi connectivity index (χ3n) is 5.59. The molecule has 1 heterocycles. The molecule has 0 unspecified atom stereocenters. The Morgan fingerprint density at radius 1 is 0.906 bits per heavy atom. The van der Waals surface area contributed by atoms with E-state index >= 15 is 4.39 Å². The molecule has 0 aliphatic heterocycles. The first-order chi connectivity index (χ1) is 15.5. The van der Waals surface area contributed by atoms with Crippen LogP contribution in [0.1, 0.15) is 16.7 Å². The summed E-state index contributed by atoms with van der Waals surface area (Å²) in [5, 5.41) is 0.858. The Balaban J connectivity index is 1.72. The Kier molecular flexibility index (Phi) is 6.76. The Morgan fingerprint density at radius 3 is 2.34 bits per heavy atom. The zero-order chi connectivity index (χ0) is 22.5. The van der Waals surface area contributed by atoms with Crippen LogP contribution in [0.25, 0.3) is 10.9 Å². The van der Waals surface area contributed by atoms with Crippen molar-refractivity contribution in [3.8, 4) is 11.5 Å². The van der Waals surface area contributed by atoms with E-state index in [-0.39, 0.29) is 5.82 Å². The third kappa shape index (κ3) is 4.94. The summed E-state index contributed by atoms with van der Waals surface area (Å²) in [7, 11) is 5.74. The fourth-order valence-corrected chi connectivity index (χ4v) is 3.90. The van der Waals surface area contributed by atoms with Gasteiger partial charge in [-0.15, -0.1) is 0 Å². The Labute approximate surface area is 188 Å². The lowest BCUT2D eigenvalue weighted by molar-refractivity contribution is 0.309. The first kappa shape index (κ1) is 21.9. The molecule has 1 aromatic heterocycles. The standard InChI is InChI=1S/C27H29FN2O2/c1-29(2)16-15-22-18-30(17-20-9-11-23(31-3)12-10-20)27-24(28)13-14-25(26(22)27)32-19-21-7-5-4-6-8-21/h4-14,18H,15-17,19H2,1-3H3. The molecule has 3 aromatic carbocycles. The lowest BCUT2D eigenvalue weighted by atomic mass is 10.1. The lowest BCUT2D eigenvalue weighted by Gasteiger charge is -2.12. The highest BCUT2D eigenvalue weighted by Crippen LogP contribution is 2.34. The molecule has 32 heavy (non-hydrogen) atoms. The third-order valence-corrected chi connectivity index (χ3v) is 5.59. The topological polar surface area (TPSA) is 26.6 Å². The first-order valence-electron chi connectivity index (χ1n) is 10.8. The van der Waals surface area contributed by atoms with Crippen molar-refractivity contribution in [1.82, 2.24) is 9.47 Å². The fourth-order valence-electron chi connectivity index (χ4n) is 3.90. The molecule has 0 bridgehead atoms. The summed E-state index contributed by atoms with van der Waals surface area (Å²) in [4.78, 5) is 2.14. The molecular weight excluding hydrogens is 403 g/mol. The van der Waals surface area contributed by atoms with Crippen LogP contribution in [0, 0.1) is 5.82 Å². The number of nitrogens with zero attached hydrogens (tertiary/aromatic N) is 2. The number of benzene rings is 3. The van der Waals surface area contributed by atoms with Crippen molar-refractivity contribution < 1.29 is 13.9 Å². The second-order valence-corrected chi connectivity index (χ2v) is 8.23. The number of halogens is 1. The molecule has 166 valence electrons. The molecule has 4 rings (SSSR count). The van der Waals surface area contributed by atoms with Gasteiger partial charge in [0.05, 0.1) is 12.6 Å². The molecule has 0 atom stereocenters. The van der Waals surface area contributed by atoms with Gasteiger partial charge < -0.3 is 18.9 Å². The molecule has 0 aliphatic rings. The summed E-state index contributed by atoms with van der Waals surface area (Å²) in [5.41, 5.74) is 3.83. The van der Waals surface area contributed by atoms with E-state index in [1.165, 1.54) is 6.07 Å². The Hall–Kier alpha value is -3.31. The highest BCUT2D eigenvalue weighted by Gasteiger charge is 2.18. The van der Waals surface area contributed by atoms with Crippen LogP contribution in [0.4, 0.5) is 4.39 Å². The number of aromatic nitrogens is 1. The lowest BCUT2D eigenvalue weighted by Crippen LogP contribution is -2.15. The van der Waals surface area contributed by atoms with E-state index in [1.54, 1.807) is 13.2 Å². The summed E-state index contributed by atoms with van der Waals surface area (Å²) in [6.07, 6.45) is 2.88. The molecule has 0 N–H and O–H groups in total. The van der Waals surface area contributed by atoms with Gasteiger partial charge in [-0.05, 0) is 61.5 Å². The Morgan fingerprint density at radius 2 is 1.66 bits per heavy atom. The van der Waals surface area contributed by atoms with Crippen LogP contribution in [-0.4, -0.2) is 37.2 Å². The highest BCUT2D eigenvalue weighted by atomic mass is 19.1. The molecule has 0 spiro atoms. The van der Waals surface area contributed by atoms with Gasteiger partial charge in [-0.3, -0.25) is 0 Å². The van der Waals surface area contributed by atoms with Crippen LogP contribution in [0.15, 0.2) is 72.9 Å². The van der Waals surface area contributed by atoms with E-state index in [1.807, 2.05) is 73.3 Å². The summed E-state index contributed by atoms with van der Waals surface area (Å²) in [6, 6.07) is 21.2. The second-order valence-electron chi connectivity index (χ2n) is 8.23. The van der Waals surface area contributed by atoms with Crippen LogP contribution in [0.2, 0.25) is 0 Å². The summed E-state index contributed by atoms with van der Waals surface area (Å²) >= 11 is 0. The molecule has 0 aliphatic carbocycles. The number of hydrogen-bond donors (Lipinski definition) is 0. The number of ether oxygens (including phenoxy) is 2. The van der Waals surface area contributed by atoms with Gasteiger partial charge in [0, 0.05) is 24.7 Å². The van der Waals surface area contributed by atoms with Crippen LogP contribution in [0.5, 0.6) is 11.5 Å². The van der Waals surface area contributed by atoms with E-state index in [2.05, 4.69) is 11.1 Å². The van der Waals surface area contributed by atoms with Crippen LogP contribution >= 0.6 is 0 Å². The predicted octanol–water partition coefficient (Wildman–Crippen LogP) is 5.52. The maximum Gasteiger partial charge on any atom is 0.147 e. The minimum atomic E-state index is -0.239. The molecule has 0 amide bonds. The minimum Gasteiger partial charge on any atom is -0.497 e. The zero-order valence-electron chi connectivity index (χ0n) is 18.8. The number of methoxy groups -OCH3 is 1. The smallest absolute Gasteiger partial charge is 0.147 e. The minimum absolute atomic E-state index is 0.239. The molecular formula is C27H29FN2O2. The van der Waals surface area contributed by atoms with E-state index in [0.29, 0.717) is 24.4 Å². The summed E-state index contributed by atoms with van der Waals surface area (Å²) < 4.78 is 28.6. The van der Waals surface area contributed by atoms with Crippen molar-refractivity contribution >= 4 is 10.9 Å². The van der Waals surface area contributed by atoms with Crippen molar-refractivity contribution in [2.75, 3.05) is 27.7 Å². The maximum atomic E-state index is 15.1. The largest absolute Gasteiger partial charge is 0.497 e. The molecule has 5 heteroatoms. The van der Waals surface area contributed by atoms with Crippen molar-refractivity contribution in [3.05, 3.63) is 95.4 Å². The van der Waals surface area contributed by atoms with Crippen molar-refractivity contribution in [2.45, 2.75) is 19.6 Å². The van der Waals surface area contributed by atoms with Crippen molar-refractivity contribution in [3.63, 3.8) is 0 Å². The van der Waals surface area contributed by atoms with Crippen LogP contribution in [-0.2, 0) is 19.6 Å². The van der Waals surface area contributed by atoms with E-state index in [4.69, 9.17) is 9.47 Å². The van der Waals surface area contributed by atoms with Crippen molar-refractivity contribution in [1.29, 1.82) is 0 Å². The highest BCUT2D eigenvalue weighted by molar-refractivity contribution is 5.90. The number of fused-ring (bicyclic) bond motifs is 1. The summed E-state index contributed by atoms with van der Waals surface area (Å²) in [5.74, 6) is 1.28. The average molecular weight is 433 g/mol. The van der Waals surface area contributed by atoms with Crippen LogP contribution in [0.3, 0.4) is 0 Å². The first-order valence-corrected chi connectivity index (χ1v) is 10.8. The van der Waals surface area contributed by atoms with Crippen molar-refractivity contribution in [2.24, 2.45) is 0 Å². The van der Waals surface area contributed by atoms with E-state index < -0.39 is 0 Å². The van der Waals surface area contributed by atoms with Gasteiger partial charge in [-0.1, -0.05) is 42.5 Å². The molecule has 0 fully saturated rings. The average Bonchev–Trinajstić information content (AvgIpc) is 3.17. The second kappa shape index (κ2) is 9.88. The molecule has 4 nitrogen and oxygen atoms in total. The summed E-state index contributed by atoms with van der Waals surface area (Å²) in [6.45, 7) is 1.89. The van der Waals surface area contributed by atoms with E-state index in [0.717, 1.165) is 40.8 Å². The van der Waals surface area contributed by atoms with E-state index in [9.17, 15) is 0 Å². The quantitative estimate of drug-likeness (QED) is 0.348. The molecule has 0 radical (unpaired) electrons.